The molecule has 0 saturated carbocycles. The Hall–Kier alpha value is -0.460. The van der Waals surface area contributed by atoms with Crippen molar-refractivity contribution in [3.05, 3.63) is 12.7 Å². The van der Waals surface area contributed by atoms with Gasteiger partial charge in [0.2, 0.25) is 0 Å². The fraction of sp³-hybridized carbons (Fsp3) is 0.867. The first-order valence-electron chi connectivity index (χ1n) is 7.18. The third-order valence-corrected chi connectivity index (χ3v) is 2.78. The molecular formula is C15H30O5. The van der Waals surface area contributed by atoms with Crippen molar-refractivity contribution in [3.8, 4) is 0 Å². The molecule has 0 aliphatic rings. The zero-order valence-corrected chi connectivity index (χ0v) is 13.1. The predicted octanol–water partition coefficient (Wildman–Crippen LogP) is 1.52. The van der Waals surface area contributed by atoms with Crippen LogP contribution >= 0.6 is 0 Å². The standard InChI is InChI=1S/C15H30O5/c1-6-7-15(17)14(5)20-10-13(4)19-9-12(3)18-8-11(2)16/h6,11-17H,1,7-10H2,2-5H3. The SMILES string of the molecule is C=CCC(O)C(C)OCC(C)OCC(C)OCC(C)O. The quantitative estimate of drug-likeness (QED) is 0.533. The summed E-state index contributed by atoms with van der Waals surface area (Å²) in [5.41, 5.74) is 0. The van der Waals surface area contributed by atoms with Crippen LogP contribution in [0.4, 0.5) is 0 Å². The van der Waals surface area contributed by atoms with E-state index in [1.54, 1.807) is 13.0 Å². The third-order valence-electron chi connectivity index (χ3n) is 2.78. The Morgan fingerprint density at radius 1 is 0.900 bits per heavy atom. The molecule has 2 N–H and O–H groups in total. The van der Waals surface area contributed by atoms with Crippen molar-refractivity contribution in [1.29, 1.82) is 0 Å². The van der Waals surface area contributed by atoms with Crippen molar-refractivity contribution in [3.63, 3.8) is 0 Å². The number of aliphatic hydroxyl groups is 2. The summed E-state index contributed by atoms with van der Waals surface area (Å²) in [6.07, 6.45) is 0.787. The Morgan fingerprint density at radius 3 is 1.90 bits per heavy atom. The van der Waals surface area contributed by atoms with E-state index in [-0.39, 0.29) is 18.3 Å². The minimum Gasteiger partial charge on any atom is -0.391 e. The molecule has 5 heteroatoms. The largest absolute Gasteiger partial charge is 0.391 e. The second-order valence-corrected chi connectivity index (χ2v) is 5.27. The molecule has 0 fully saturated rings. The van der Waals surface area contributed by atoms with E-state index in [4.69, 9.17) is 19.3 Å². The Labute approximate surface area is 122 Å². The molecule has 20 heavy (non-hydrogen) atoms. The fourth-order valence-electron chi connectivity index (χ4n) is 1.46. The van der Waals surface area contributed by atoms with Gasteiger partial charge in [-0.1, -0.05) is 6.08 Å². The molecule has 5 nitrogen and oxygen atoms in total. The van der Waals surface area contributed by atoms with E-state index in [1.807, 2.05) is 20.8 Å². The van der Waals surface area contributed by atoms with Gasteiger partial charge in [-0.3, -0.25) is 0 Å². The number of hydrogen-bond acceptors (Lipinski definition) is 5. The highest BCUT2D eigenvalue weighted by Gasteiger charge is 2.15. The highest BCUT2D eigenvalue weighted by atomic mass is 16.6. The summed E-state index contributed by atoms with van der Waals surface area (Å²) < 4.78 is 16.5. The van der Waals surface area contributed by atoms with E-state index < -0.39 is 12.2 Å². The van der Waals surface area contributed by atoms with Crippen LogP contribution in [-0.4, -0.2) is 60.6 Å². The van der Waals surface area contributed by atoms with Crippen LogP contribution in [0.3, 0.4) is 0 Å². The molecule has 0 aliphatic carbocycles. The maximum absolute atomic E-state index is 9.69. The summed E-state index contributed by atoms with van der Waals surface area (Å²) in [4.78, 5) is 0. The maximum Gasteiger partial charge on any atom is 0.0833 e. The molecule has 0 bridgehead atoms. The van der Waals surface area contributed by atoms with Crippen LogP contribution in [0.5, 0.6) is 0 Å². The molecule has 5 atom stereocenters. The summed E-state index contributed by atoms with van der Waals surface area (Å²) in [6.45, 7) is 12.1. The first kappa shape index (κ1) is 19.5. The number of aliphatic hydroxyl groups excluding tert-OH is 2. The first-order valence-corrected chi connectivity index (χ1v) is 7.18. The van der Waals surface area contributed by atoms with Crippen LogP contribution in [0, 0.1) is 0 Å². The molecule has 5 unspecified atom stereocenters. The molecule has 0 heterocycles. The second kappa shape index (κ2) is 11.2. The molecule has 0 radical (unpaired) electrons. The van der Waals surface area contributed by atoms with Gasteiger partial charge in [0.1, 0.15) is 0 Å². The molecule has 0 spiro atoms. The number of rotatable bonds is 12. The van der Waals surface area contributed by atoms with E-state index in [0.29, 0.717) is 26.2 Å². The van der Waals surface area contributed by atoms with Crippen LogP contribution in [0.25, 0.3) is 0 Å². The van der Waals surface area contributed by atoms with Gasteiger partial charge < -0.3 is 24.4 Å². The Kier molecular flexibility index (Phi) is 11.0. The zero-order chi connectivity index (χ0) is 15.5. The maximum atomic E-state index is 9.69. The van der Waals surface area contributed by atoms with Crippen molar-refractivity contribution in [2.45, 2.75) is 64.6 Å². The van der Waals surface area contributed by atoms with Crippen molar-refractivity contribution >= 4 is 0 Å². The predicted molar refractivity (Wildman–Crippen MR) is 78.7 cm³/mol. The average molecular weight is 290 g/mol. The summed E-state index contributed by atoms with van der Waals surface area (Å²) in [6, 6.07) is 0. The van der Waals surface area contributed by atoms with Gasteiger partial charge in [0.05, 0.1) is 50.3 Å². The van der Waals surface area contributed by atoms with E-state index in [0.717, 1.165) is 0 Å². The molecule has 0 aliphatic heterocycles. The summed E-state index contributed by atoms with van der Waals surface area (Å²) in [5.74, 6) is 0. The molecule has 0 aromatic carbocycles. The summed E-state index contributed by atoms with van der Waals surface area (Å²) in [7, 11) is 0. The smallest absolute Gasteiger partial charge is 0.0833 e. The first-order chi connectivity index (χ1) is 9.36. The van der Waals surface area contributed by atoms with Gasteiger partial charge >= 0.3 is 0 Å². The van der Waals surface area contributed by atoms with Crippen LogP contribution in [0.15, 0.2) is 12.7 Å². The highest BCUT2D eigenvalue weighted by Crippen LogP contribution is 2.06. The molecule has 0 rings (SSSR count). The Balaban J connectivity index is 3.72. The van der Waals surface area contributed by atoms with Gasteiger partial charge in [-0.2, -0.15) is 0 Å². The van der Waals surface area contributed by atoms with Gasteiger partial charge in [0.15, 0.2) is 0 Å². The van der Waals surface area contributed by atoms with Crippen molar-refractivity contribution < 1.29 is 24.4 Å². The van der Waals surface area contributed by atoms with Crippen molar-refractivity contribution in [2.24, 2.45) is 0 Å². The normalized spacial score (nSPS) is 19.1. The van der Waals surface area contributed by atoms with Gasteiger partial charge in [-0.05, 0) is 34.1 Å². The zero-order valence-electron chi connectivity index (χ0n) is 13.1. The van der Waals surface area contributed by atoms with Crippen LogP contribution in [0.1, 0.15) is 34.1 Å². The monoisotopic (exact) mass is 290 g/mol. The molecule has 0 aromatic heterocycles. The summed E-state index contributed by atoms with van der Waals surface area (Å²) in [5, 5.41) is 18.8. The molecule has 120 valence electrons. The lowest BCUT2D eigenvalue weighted by atomic mass is 10.1. The Bertz CT molecular complexity index is 244. The molecule has 0 amide bonds. The van der Waals surface area contributed by atoms with E-state index >= 15 is 0 Å². The van der Waals surface area contributed by atoms with E-state index in [1.165, 1.54) is 0 Å². The third kappa shape index (κ3) is 10.3. The number of ether oxygens (including phenoxy) is 3. The van der Waals surface area contributed by atoms with Crippen molar-refractivity contribution in [1.82, 2.24) is 0 Å². The lowest BCUT2D eigenvalue weighted by molar-refractivity contribution is -0.0933. The van der Waals surface area contributed by atoms with Crippen LogP contribution in [0.2, 0.25) is 0 Å². The van der Waals surface area contributed by atoms with Gasteiger partial charge in [0.25, 0.3) is 0 Å². The topological polar surface area (TPSA) is 68.2 Å². The average Bonchev–Trinajstić information content (AvgIpc) is 2.40. The minimum absolute atomic E-state index is 0.0733. The number of hydrogen-bond donors (Lipinski definition) is 2. The lowest BCUT2D eigenvalue weighted by Crippen LogP contribution is -2.30. The van der Waals surface area contributed by atoms with Crippen molar-refractivity contribution in [2.75, 3.05) is 19.8 Å². The van der Waals surface area contributed by atoms with E-state index in [2.05, 4.69) is 6.58 Å². The second-order valence-electron chi connectivity index (χ2n) is 5.27. The van der Waals surface area contributed by atoms with Crippen LogP contribution < -0.4 is 0 Å². The molecule has 0 saturated heterocycles. The minimum atomic E-state index is -0.534. The fourth-order valence-corrected chi connectivity index (χ4v) is 1.46. The highest BCUT2D eigenvalue weighted by molar-refractivity contribution is 4.76. The van der Waals surface area contributed by atoms with Gasteiger partial charge in [-0.25, -0.2) is 0 Å². The Morgan fingerprint density at radius 2 is 1.40 bits per heavy atom. The van der Waals surface area contributed by atoms with Crippen LogP contribution in [-0.2, 0) is 14.2 Å². The van der Waals surface area contributed by atoms with Gasteiger partial charge in [-0.15, -0.1) is 6.58 Å². The van der Waals surface area contributed by atoms with E-state index in [9.17, 15) is 5.11 Å². The molecule has 0 aromatic rings. The summed E-state index contributed by atoms with van der Waals surface area (Å²) >= 11 is 0. The molecular weight excluding hydrogens is 260 g/mol. The van der Waals surface area contributed by atoms with Gasteiger partial charge in [0, 0.05) is 0 Å². The lowest BCUT2D eigenvalue weighted by Gasteiger charge is -2.22.